The molecule has 0 saturated carbocycles. The van der Waals surface area contributed by atoms with Crippen molar-refractivity contribution in [2.24, 2.45) is 0 Å². The van der Waals surface area contributed by atoms with Gasteiger partial charge in [-0.3, -0.25) is 9.67 Å². The van der Waals surface area contributed by atoms with Gasteiger partial charge in [0.25, 0.3) is 0 Å². The number of halogens is 2. The second-order valence-electron chi connectivity index (χ2n) is 11.5. The summed E-state index contributed by atoms with van der Waals surface area (Å²) in [4.78, 5) is 18.9. The van der Waals surface area contributed by atoms with Crippen LogP contribution in [0, 0.1) is 18.6 Å². The normalized spacial score (nSPS) is 15.5. The molecule has 0 radical (unpaired) electrons. The number of likely N-dealkylation sites (tertiary alicyclic amines) is 1. The number of amides is 1. The Morgan fingerprint density at radius 1 is 1.05 bits per heavy atom. The number of carbonyl (C=O) groups is 1. The van der Waals surface area contributed by atoms with Crippen LogP contribution in [0.25, 0.3) is 16.7 Å². The van der Waals surface area contributed by atoms with Gasteiger partial charge in [-0.25, -0.2) is 13.6 Å². The quantitative estimate of drug-likeness (QED) is 0.348. The van der Waals surface area contributed by atoms with Crippen molar-refractivity contribution in [3.8, 4) is 22.6 Å². The molecule has 41 heavy (non-hydrogen) atoms. The number of methoxy groups -OCH3 is 2. The van der Waals surface area contributed by atoms with Crippen molar-refractivity contribution in [1.29, 1.82) is 0 Å². The lowest BCUT2D eigenvalue weighted by Crippen LogP contribution is -2.42. The lowest BCUT2D eigenvalue weighted by molar-refractivity contribution is 0.0184. The third-order valence-corrected chi connectivity index (χ3v) is 7.61. The zero-order valence-corrected chi connectivity index (χ0v) is 24.4. The largest absolute Gasteiger partial charge is 0.494 e. The summed E-state index contributed by atoms with van der Waals surface area (Å²) in [6.45, 7) is 8.76. The van der Waals surface area contributed by atoms with E-state index in [0.717, 1.165) is 46.5 Å². The van der Waals surface area contributed by atoms with Crippen LogP contribution < -0.4 is 9.47 Å². The Hall–Kier alpha value is -3.95. The number of carbonyl (C=O) groups excluding carboxylic acids is 1. The molecule has 8 nitrogen and oxygen atoms in total. The maximum absolute atomic E-state index is 15.1. The topological polar surface area (TPSA) is 78.7 Å². The van der Waals surface area contributed by atoms with E-state index in [9.17, 15) is 4.79 Å². The van der Waals surface area contributed by atoms with Gasteiger partial charge >= 0.3 is 6.09 Å². The first-order valence-electron chi connectivity index (χ1n) is 13.8. The summed E-state index contributed by atoms with van der Waals surface area (Å²) in [5.41, 5.74) is 4.58. The number of nitrogens with zero attached hydrogens (tertiary/aromatic N) is 4. The fourth-order valence-corrected chi connectivity index (χ4v) is 5.45. The number of hydrogen-bond donors (Lipinski definition) is 0. The molecule has 218 valence electrons. The molecule has 1 aliphatic heterocycles. The molecule has 2 aromatic heterocycles. The lowest BCUT2D eigenvalue weighted by Gasteiger charge is -2.33. The van der Waals surface area contributed by atoms with Gasteiger partial charge in [0.15, 0.2) is 23.1 Å². The van der Waals surface area contributed by atoms with Crippen LogP contribution in [-0.2, 0) is 17.6 Å². The Morgan fingerprint density at radius 3 is 2.32 bits per heavy atom. The highest BCUT2D eigenvalue weighted by molar-refractivity contribution is 5.78. The number of allylic oxidation sites excluding steroid dienone is 2. The number of aromatic nitrogens is 3. The van der Waals surface area contributed by atoms with Crippen LogP contribution in [0.5, 0.6) is 11.5 Å². The summed E-state index contributed by atoms with van der Waals surface area (Å²) in [6, 6.07) is 3.40. The zero-order valence-electron chi connectivity index (χ0n) is 24.4. The molecular formula is C31H36F2N4O4. The molecule has 5 rings (SSSR count). The first kappa shape index (κ1) is 28.6. The highest BCUT2D eigenvalue weighted by atomic mass is 19.1. The van der Waals surface area contributed by atoms with Gasteiger partial charge in [-0.1, -0.05) is 6.08 Å². The minimum Gasteiger partial charge on any atom is -0.494 e. The second-order valence-corrected chi connectivity index (χ2v) is 11.5. The summed E-state index contributed by atoms with van der Waals surface area (Å²) >= 11 is 0. The van der Waals surface area contributed by atoms with Crippen LogP contribution in [0.2, 0.25) is 0 Å². The summed E-state index contributed by atoms with van der Waals surface area (Å²) in [5, 5.41) is 4.79. The van der Waals surface area contributed by atoms with E-state index in [2.05, 4.69) is 4.98 Å². The molecule has 1 saturated heterocycles. The number of benzene rings is 1. The van der Waals surface area contributed by atoms with Gasteiger partial charge in [-0.05, 0) is 52.2 Å². The molecular weight excluding hydrogens is 530 g/mol. The van der Waals surface area contributed by atoms with E-state index in [1.54, 1.807) is 4.90 Å². The van der Waals surface area contributed by atoms with Gasteiger partial charge in [0.05, 0.1) is 31.6 Å². The first-order chi connectivity index (χ1) is 19.5. The number of fused-ring (bicyclic) bond motifs is 1. The van der Waals surface area contributed by atoms with Crippen molar-refractivity contribution in [2.75, 3.05) is 27.3 Å². The molecule has 3 aromatic rings. The molecule has 1 amide bonds. The maximum atomic E-state index is 15.1. The minimum absolute atomic E-state index is 0.0395. The smallest absolute Gasteiger partial charge is 0.410 e. The average Bonchev–Trinajstić information content (AvgIpc) is 3.53. The molecule has 0 spiro atoms. The van der Waals surface area contributed by atoms with Crippen molar-refractivity contribution in [3.05, 3.63) is 64.8 Å². The fraction of sp³-hybridized carbons (Fsp3) is 0.452. The van der Waals surface area contributed by atoms with Crippen molar-refractivity contribution < 1.29 is 27.8 Å². The predicted octanol–water partition coefficient (Wildman–Crippen LogP) is 6.30. The standard InChI is InChI=1S/C31H36F2N4O4/c1-18-24(17-37(35-18)21-9-11-36(12-10-21)30(38)41-31(2,3)4)20-14-22-19(7-8-25(22)34-16-20)13-23-28(32)26(39-5)15-27(40-6)29(23)33/h7,14-17,21H,8-13H2,1-6H3. The SMILES string of the molecule is COc1cc(OC)c(F)c(CC2=CCc3ncc(-c4cn(C5CCN(C(=O)OC(C)(C)C)CC5)nc4C)cc32)c1F. The van der Waals surface area contributed by atoms with Crippen molar-refractivity contribution in [1.82, 2.24) is 19.7 Å². The van der Waals surface area contributed by atoms with E-state index in [-0.39, 0.29) is 35.6 Å². The van der Waals surface area contributed by atoms with Crippen LogP contribution in [-0.4, -0.2) is 58.7 Å². The Morgan fingerprint density at radius 2 is 1.71 bits per heavy atom. The van der Waals surface area contributed by atoms with E-state index in [4.69, 9.17) is 19.3 Å². The molecule has 1 fully saturated rings. The Balaban J connectivity index is 1.35. The van der Waals surface area contributed by atoms with Crippen molar-refractivity contribution >= 4 is 11.7 Å². The van der Waals surface area contributed by atoms with E-state index in [0.29, 0.717) is 19.5 Å². The number of piperidine rings is 1. The highest BCUT2D eigenvalue weighted by Gasteiger charge is 2.29. The summed E-state index contributed by atoms with van der Waals surface area (Å²) < 4.78 is 47.9. The molecule has 0 N–H and O–H groups in total. The third kappa shape index (κ3) is 5.78. The monoisotopic (exact) mass is 566 g/mol. The van der Waals surface area contributed by atoms with Gasteiger partial charge in [0, 0.05) is 66.6 Å². The molecule has 0 unspecified atom stereocenters. The minimum atomic E-state index is -0.737. The fourth-order valence-electron chi connectivity index (χ4n) is 5.45. The molecule has 10 heteroatoms. The van der Waals surface area contributed by atoms with Crippen molar-refractivity contribution in [3.63, 3.8) is 0 Å². The zero-order chi connectivity index (χ0) is 29.5. The summed E-state index contributed by atoms with van der Waals surface area (Å²) in [6.07, 6.45) is 7.70. The highest BCUT2D eigenvalue weighted by Crippen LogP contribution is 2.38. The summed E-state index contributed by atoms with van der Waals surface area (Å²) in [7, 11) is 2.68. The number of hydrogen-bond acceptors (Lipinski definition) is 6. The third-order valence-electron chi connectivity index (χ3n) is 7.61. The Kier molecular flexibility index (Phi) is 7.76. The number of aryl methyl sites for hydroxylation is 1. The molecule has 1 aromatic carbocycles. The van der Waals surface area contributed by atoms with E-state index in [1.165, 1.54) is 20.3 Å². The summed E-state index contributed by atoms with van der Waals surface area (Å²) in [5.74, 6) is -1.61. The average molecular weight is 567 g/mol. The van der Waals surface area contributed by atoms with E-state index >= 15 is 8.78 Å². The molecule has 0 atom stereocenters. The van der Waals surface area contributed by atoms with E-state index in [1.807, 2.05) is 56.9 Å². The molecule has 3 heterocycles. The van der Waals surface area contributed by atoms with Gasteiger partial charge in [-0.2, -0.15) is 5.10 Å². The number of pyridine rings is 1. The van der Waals surface area contributed by atoms with E-state index < -0.39 is 17.2 Å². The van der Waals surface area contributed by atoms with Crippen LogP contribution in [0.15, 0.2) is 30.6 Å². The van der Waals surface area contributed by atoms with Gasteiger partial charge in [-0.15, -0.1) is 0 Å². The van der Waals surface area contributed by atoms with Crippen LogP contribution in [0.1, 0.15) is 62.2 Å². The Labute approximate surface area is 238 Å². The predicted molar refractivity (Wildman–Crippen MR) is 151 cm³/mol. The van der Waals surface area contributed by atoms with Crippen LogP contribution in [0.3, 0.4) is 0 Å². The van der Waals surface area contributed by atoms with Crippen LogP contribution >= 0.6 is 0 Å². The number of ether oxygens (including phenoxy) is 3. The van der Waals surface area contributed by atoms with Crippen LogP contribution in [0.4, 0.5) is 13.6 Å². The molecule has 1 aliphatic carbocycles. The van der Waals surface area contributed by atoms with Gasteiger partial charge in [0.1, 0.15) is 5.60 Å². The van der Waals surface area contributed by atoms with Gasteiger partial charge < -0.3 is 19.1 Å². The van der Waals surface area contributed by atoms with Crippen molar-refractivity contribution in [2.45, 2.75) is 65.0 Å². The second kappa shape index (κ2) is 11.1. The molecule has 0 bridgehead atoms. The maximum Gasteiger partial charge on any atom is 0.410 e. The first-order valence-corrected chi connectivity index (χ1v) is 13.8. The van der Waals surface area contributed by atoms with Gasteiger partial charge in [0.2, 0.25) is 0 Å². The lowest BCUT2D eigenvalue weighted by atomic mass is 9.97. The molecule has 2 aliphatic rings. The Bertz CT molecular complexity index is 1470. The number of rotatable bonds is 6.